The Morgan fingerprint density at radius 3 is 2.72 bits per heavy atom. The summed E-state index contributed by atoms with van der Waals surface area (Å²) in [6.45, 7) is 7.76. The molecule has 3 aromatic rings. The van der Waals surface area contributed by atoms with Gasteiger partial charge in [0.15, 0.2) is 5.13 Å². The summed E-state index contributed by atoms with van der Waals surface area (Å²) < 4.78 is 16.6. The summed E-state index contributed by atoms with van der Waals surface area (Å²) in [7, 11) is 0. The number of carbonyl (C=O) groups is 3. The first-order chi connectivity index (χ1) is 18.7. The van der Waals surface area contributed by atoms with Crippen molar-refractivity contribution >= 4 is 39.9 Å². The van der Waals surface area contributed by atoms with E-state index in [2.05, 4.69) is 4.98 Å². The Balaban J connectivity index is 1.67. The number of Topliss-reactive ketones (excluding diaryl/α,β-unsaturated/α-hetero) is 1. The van der Waals surface area contributed by atoms with Crippen LogP contribution in [0, 0.1) is 6.92 Å². The molecular formula is C29H28N2O7S. The van der Waals surface area contributed by atoms with Crippen molar-refractivity contribution < 1.29 is 33.7 Å². The van der Waals surface area contributed by atoms with Gasteiger partial charge >= 0.3 is 11.9 Å². The monoisotopic (exact) mass is 548 g/mol. The van der Waals surface area contributed by atoms with Crippen LogP contribution in [0.5, 0.6) is 11.5 Å². The Hall–Kier alpha value is -4.18. The predicted octanol–water partition coefficient (Wildman–Crippen LogP) is 4.98. The Bertz CT molecular complexity index is 1510. The first-order valence-corrected chi connectivity index (χ1v) is 13.5. The molecule has 0 spiro atoms. The first kappa shape index (κ1) is 26.4. The van der Waals surface area contributed by atoms with Gasteiger partial charge in [0.25, 0.3) is 5.78 Å². The molecule has 10 heteroatoms. The number of ether oxygens (including phenoxy) is 3. The van der Waals surface area contributed by atoms with Gasteiger partial charge in [-0.1, -0.05) is 23.5 Å². The van der Waals surface area contributed by atoms with Gasteiger partial charge in [-0.25, -0.2) is 9.78 Å². The van der Waals surface area contributed by atoms with Crippen molar-refractivity contribution in [1.29, 1.82) is 0 Å². The number of aromatic nitrogens is 1. The van der Waals surface area contributed by atoms with Crippen molar-refractivity contribution in [3.05, 3.63) is 75.3 Å². The highest BCUT2D eigenvalue weighted by Crippen LogP contribution is 2.45. The van der Waals surface area contributed by atoms with E-state index in [9.17, 15) is 19.5 Å². The highest BCUT2D eigenvalue weighted by molar-refractivity contribution is 7.17. The first-order valence-electron chi connectivity index (χ1n) is 12.7. The molecular weight excluding hydrogens is 520 g/mol. The summed E-state index contributed by atoms with van der Waals surface area (Å²) in [6, 6.07) is 11.2. The number of esters is 1. The Morgan fingerprint density at radius 1 is 1.18 bits per heavy atom. The van der Waals surface area contributed by atoms with Crippen LogP contribution in [0.2, 0.25) is 0 Å². The number of carbonyl (C=O) groups excluding carboxylic acids is 3. The van der Waals surface area contributed by atoms with Crippen molar-refractivity contribution in [3.8, 4) is 11.5 Å². The number of anilines is 1. The van der Waals surface area contributed by atoms with E-state index >= 15 is 0 Å². The number of thiazole rings is 1. The quantitative estimate of drug-likeness (QED) is 0.190. The minimum atomic E-state index is -1.01. The maximum atomic E-state index is 13.5. The highest BCUT2D eigenvalue weighted by atomic mass is 32.1. The van der Waals surface area contributed by atoms with E-state index in [-0.39, 0.29) is 34.1 Å². The van der Waals surface area contributed by atoms with Gasteiger partial charge < -0.3 is 19.3 Å². The molecule has 0 aliphatic carbocycles. The highest BCUT2D eigenvalue weighted by Gasteiger charge is 2.48. The number of aryl methyl sites for hydroxylation is 1. The third-order valence-electron chi connectivity index (χ3n) is 6.55. The van der Waals surface area contributed by atoms with Crippen LogP contribution in [-0.2, 0) is 20.7 Å². The van der Waals surface area contributed by atoms with Gasteiger partial charge in [0.1, 0.15) is 28.2 Å². The van der Waals surface area contributed by atoms with Gasteiger partial charge in [0.2, 0.25) is 0 Å². The number of fused-ring (bicyclic) bond motifs is 1. The maximum absolute atomic E-state index is 13.5. The van der Waals surface area contributed by atoms with E-state index in [4.69, 9.17) is 14.2 Å². The van der Waals surface area contributed by atoms with Crippen LogP contribution in [0.1, 0.15) is 58.9 Å². The summed E-state index contributed by atoms with van der Waals surface area (Å²) >= 11 is 0.965. The fraction of sp³-hybridized carbons (Fsp3) is 0.310. The molecule has 0 saturated carbocycles. The van der Waals surface area contributed by atoms with E-state index in [0.29, 0.717) is 35.6 Å². The largest absolute Gasteiger partial charge is 0.507 e. The van der Waals surface area contributed by atoms with E-state index < -0.39 is 23.7 Å². The second-order valence-electron chi connectivity index (χ2n) is 9.26. The van der Waals surface area contributed by atoms with Gasteiger partial charge in [-0.3, -0.25) is 14.5 Å². The van der Waals surface area contributed by atoms with Gasteiger partial charge in [-0.2, -0.15) is 0 Å². The lowest BCUT2D eigenvalue weighted by molar-refractivity contribution is -0.132. The zero-order chi connectivity index (χ0) is 27.8. The number of ketones is 1. The van der Waals surface area contributed by atoms with Crippen LogP contribution < -0.4 is 14.4 Å². The van der Waals surface area contributed by atoms with Crippen LogP contribution >= 0.6 is 11.3 Å². The lowest BCUT2D eigenvalue weighted by atomic mass is 9.94. The van der Waals surface area contributed by atoms with E-state index in [1.807, 2.05) is 13.8 Å². The van der Waals surface area contributed by atoms with Crippen LogP contribution in [-0.4, -0.2) is 47.1 Å². The molecule has 1 fully saturated rings. The van der Waals surface area contributed by atoms with Gasteiger partial charge in [-0.05, 0) is 69.2 Å². The molecule has 5 rings (SSSR count). The smallest absolute Gasteiger partial charge is 0.350 e. The van der Waals surface area contributed by atoms with Gasteiger partial charge in [-0.15, -0.1) is 0 Å². The molecule has 3 heterocycles. The third-order valence-corrected chi connectivity index (χ3v) is 7.69. The molecule has 39 heavy (non-hydrogen) atoms. The number of hydrogen-bond donors (Lipinski definition) is 1. The number of rotatable bonds is 7. The minimum Gasteiger partial charge on any atom is -0.507 e. The number of nitrogens with zero attached hydrogens (tertiary/aromatic N) is 2. The molecule has 2 aromatic carbocycles. The summed E-state index contributed by atoms with van der Waals surface area (Å²) in [6.07, 6.45) is 0.672. The number of benzene rings is 2. The molecule has 2 unspecified atom stereocenters. The van der Waals surface area contributed by atoms with Crippen molar-refractivity contribution in [3.63, 3.8) is 0 Å². The van der Waals surface area contributed by atoms with E-state index in [0.717, 1.165) is 22.6 Å². The summed E-state index contributed by atoms with van der Waals surface area (Å²) in [5.74, 6) is -1.29. The van der Waals surface area contributed by atoms with Crippen molar-refractivity contribution in [2.75, 3.05) is 18.1 Å². The minimum absolute atomic E-state index is 0.00557. The summed E-state index contributed by atoms with van der Waals surface area (Å²) in [5.41, 5.74) is 2.16. The second-order valence-corrected chi connectivity index (χ2v) is 10.2. The zero-order valence-corrected chi connectivity index (χ0v) is 22.8. The normalized spacial score (nSPS) is 19.6. The number of aliphatic hydroxyl groups excluding tert-OH is 1. The lowest BCUT2D eigenvalue weighted by Gasteiger charge is -2.23. The number of amides is 1. The van der Waals surface area contributed by atoms with E-state index in [1.54, 1.807) is 56.3 Å². The molecule has 1 aromatic heterocycles. The van der Waals surface area contributed by atoms with Crippen LogP contribution in [0.25, 0.3) is 5.76 Å². The molecule has 2 aliphatic heterocycles. The van der Waals surface area contributed by atoms with Crippen molar-refractivity contribution in [1.82, 2.24) is 4.98 Å². The Kier molecular flexibility index (Phi) is 7.14. The van der Waals surface area contributed by atoms with E-state index in [1.165, 1.54) is 4.90 Å². The SMILES string of the molecule is CCOC(=O)c1sc(N2C(=O)C(=O)C(=C(O)c3ccc4c(c3)CC(C)O4)C2c2cccc(OCC)c2)nc1C. The molecule has 2 atom stereocenters. The van der Waals surface area contributed by atoms with Crippen LogP contribution in [0.15, 0.2) is 48.0 Å². The molecule has 0 bridgehead atoms. The molecule has 9 nitrogen and oxygen atoms in total. The Labute approximate surface area is 229 Å². The van der Waals surface area contributed by atoms with Gasteiger partial charge in [0, 0.05) is 12.0 Å². The zero-order valence-electron chi connectivity index (χ0n) is 22.0. The molecule has 2 aliphatic rings. The maximum Gasteiger partial charge on any atom is 0.350 e. The molecule has 202 valence electrons. The predicted molar refractivity (Wildman–Crippen MR) is 145 cm³/mol. The fourth-order valence-corrected chi connectivity index (χ4v) is 5.87. The molecule has 1 amide bonds. The topological polar surface area (TPSA) is 115 Å². The average molecular weight is 549 g/mol. The molecule has 1 saturated heterocycles. The van der Waals surface area contributed by atoms with Crippen LogP contribution in [0.4, 0.5) is 5.13 Å². The van der Waals surface area contributed by atoms with Crippen molar-refractivity contribution in [2.45, 2.75) is 46.3 Å². The number of hydrogen-bond acceptors (Lipinski definition) is 9. The lowest BCUT2D eigenvalue weighted by Crippen LogP contribution is -2.29. The summed E-state index contributed by atoms with van der Waals surface area (Å²) in [4.78, 5) is 45.5. The van der Waals surface area contributed by atoms with Crippen molar-refractivity contribution in [2.24, 2.45) is 0 Å². The molecule has 1 N–H and O–H groups in total. The molecule has 0 radical (unpaired) electrons. The average Bonchev–Trinajstić information content (AvgIpc) is 3.56. The van der Waals surface area contributed by atoms with Crippen LogP contribution in [0.3, 0.4) is 0 Å². The standard InChI is InChI=1S/C29H28N2O7S/c1-5-36-20-9-7-8-17(14-20)23-22(24(32)18-10-11-21-19(13-18)12-15(3)38-21)25(33)27(34)31(23)29-30-16(4)26(39-29)28(35)37-6-2/h7-11,13-15,23,32H,5-6,12H2,1-4H3. The summed E-state index contributed by atoms with van der Waals surface area (Å²) in [5, 5.41) is 11.7. The number of aliphatic hydroxyl groups is 1. The third kappa shape index (κ3) is 4.76. The van der Waals surface area contributed by atoms with Gasteiger partial charge in [0.05, 0.1) is 30.5 Å². The second kappa shape index (κ2) is 10.5. The fourth-order valence-electron chi connectivity index (χ4n) is 4.88. The Morgan fingerprint density at radius 2 is 1.97 bits per heavy atom.